The Morgan fingerprint density at radius 2 is 1.87 bits per heavy atom. The topological polar surface area (TPSA) is 27.1 Å². The number of alkyl halides is 2. The van der Waals surface area contributed by atoms with E-state index < -0.39 is 6.43 Å². The summed E-state index contributed by atoms with van der Waals surface area (Å²) in [5.74, 6) is 0.0115. The first-order valence-electron chi connectivity index (χ1n) is 4.71. The fourth-order valence-corrected chi connectivity index (χ4v) is 1.54. The number of rotatable bonds is 2. The maximum atomic E-state index is 12.7. The molecule has 0 bridgehead atoms. The molecule has 1 rings (SSSR count). The third kappa shape index (κ3) is 2.11. The standard InChI is InChI=1S/C10H16F2N2O/c1-6-7(8(11)12)9(15-5)13-14(6)10(2,3)4/h8H,1-5H3. The van der Waals surface area contributed by atoms with Crippen LogP contribution >= 0.6 is 0 Å². The average molecular weight is 218 g/mol. The molecule has 0 amide bonds. The van der Waals surface area contributed by atoms with Crippen molar-refractivity contribution in [3.63, 3.8) is 0 Å². The smallest absolute Gasteiger partial charge is 0.270 e. The summed E-state index contributed by atoms with van der Waals surface area (Å²) in [7, 11) is 1.35. The van der Waals surface area contributed by atoms with E-state index in [2.05, 4.69) is 5.10 Å². The van der Waals surface area contributed by atoms with Gasteiger partial charge in [0.25, 0.3) is 6.43 Å². The van der Waals surface area contributed by atoms with E-state index in [1.54, 1.807) is 11.6 Å². The zero-order chi connectivity index (χ0) is 11.8. The molecule has 0 radical (unpaired) electrons. The van der Waals surface area contributed by atoms with E-state index in [9.17, 15) is 8.78 Å². The lowest BCUT2D eigenvalue weighted by Crippen LogP contribution is -2.24. The van der Waals surface area contributed by atoms with Crippen LogP contribution in [0.2, 0.25) is 0 Å². The van der Waals surface area contributed by atoms with E-state index in [1.807, 2.05) is 20.8 Å². The molecular weight excluding hydrogens is 202 g/mol. The van der Waals surface area contributed by atoms with Crippen molar-refractivity contribution in [1.82, 2.24) is 9.78 Å². The molecule has 0 aliphatic carbocycles. The van der Waals surface area contributed by atoms with Gasteiger partial charge in [0.15, 0.2) is 0 Å². The maximum absolute atomic E-state index is 12.7. The van der Waals surface area contributed by atoms with Crippen molar-refractivity contribution < 1.29 is 13.5 Å². The second-order valence-corrected chi connectivity index (χ2v) is 4.39. The highest BCUT2D eigenvalue weighted by Gasteiger charge is 2.27. The van der Waals surface area contributed by atoms with Gasteiger partial charge in [0.1, 0.15) is 5.56 Å². The lowest BCUT2D eigenvalue weighted by molar-refractivity contribution is 0.146. The Morgan fingerprint density at radius 3 is 2.13 bits per heavy atom. The van der Waals surface area contributed by atoms with E-state index in [-0.39, 0.29) is 17.0 Å². The fraction of sp³-hybridized carbons (Fsp3) is 0.700. The van der Waals surface area contributed by atoms with Gasteiger partial charge in [-0.3, -0.25) is 4.68 Å². The third-order valence-electron chi connectivity index (χ3n) is 2.18. The van der Waals surface area contributed by atoms with Crippen LogP contribution < -0.4 is 4.74 Å². The fourth-order valence-electron chi connectivity index (χ4n) is 1.54. The number of nitrogens with zero attached hydrogens (tertiary/aromatic N) is 2. The first-order valence-corrected chi connectivity index (χ1v) is 4.71. The van der Waals surface area contributed by atoms with Gasteiger partial charge >= 0.3 is 0 Å². The Bertz CT molecular complexity index is 353. The van der Waals surface area contributed by atoms with Crippen molar-refractivity contribution in [3.8, 4) is 5.88 Å². The number of methoxy groups -OCH3 is 1. The molecule has 0 aromatic carbocycles. The summed E-state index contributed by atoms with van der Waals surface area (Å²) in [4.78, 5) is 0. The van der Waals surface area contributed by atoms with E-state index >= 15 is 0 Å². The van der Waals surface area contributed by atoms with Crippen LogP contribution in [-0.4, -0.2) is 16.9 Å². The normalized spacial score (nSPS) is 12.3. The quantitative estimate of drug-likeness (QED) is 0.763. The number of halogens is 2. The highest BCUT2D eigenvalue weighted by molar-refractivity contribution is 5.32. The molecule has 0 aliphatic rings. The lowest BCUT2D eigenvalue weighted by atomic mass is 10.1. The molecule has 0 fully saturated rings. The summed E-state index contributed by atoms with van der Waals surface area (Å²) in [5.41, 5.74) is 0.00611. The number of ether oxygens (including phenoxy) is 1. The van der Waals surface area contributed by atoms with Gasteiger partial charge in [-0.15, -0.1) is 5.10 Å². The summed E-state index contributed by atoms with van der Waals surface area (Å²) < 4.78 is 31.9. The van der Waals surface area contributed by atoms with E-state index in [1.165, 1.54) is 7.11 Å². The van der Waals surface area contributed by atoms with Crippen LogP contribution in [-0.2, 0) is 5.54 Å². The van der Waals surface area contributed by atoms with Crippen LogP contribution in [0.4, 0.5) is 8.78 Å². The highest BCUT2D eigenvalue weighted by atomic mass is 19.3. The summed E-state index contributed by atoms with van der Waals surface area (Å²) in [6.07, 6.45) is -2.56. The summed E-state index contributed by atoms with van der Waals surface area (Å²) in [5, 5.41) is 4.04. The van der Waals surface area contributed by atoms with Crippen molar-refractivity contribution in [2.45, 2.75) is 39.7 Å². The number of hydrogen-bond donors (Lipinski definition) is 0. The number of hydrogen-bond acceptors (Lipinski definition) is 2. The molecule has 0 spiro atoms. The van der Waals surface area contributed by atoms with Crippen molar-refractivity contribution >= 4 is 0 Å². The molecule has 15 heavy (non-hydrogen) atoms. The van der Waals surface area contributed by atoms with Crippen LogP contribution in [0.25, 0.3) is 0 Å². The molecule has 86 valence electrons. The van der Waals surface area contributed by atoms with Gasteiger partial charge < -0.3 is 4.74 Å². The summed E-state index contributed by atoms with van der Waals surface area (Å²) >= 11 is 0. The largest absolute Gasteiger partial charge is 0.480 e. The number of aromatic nitrogens is 2. The van der Waals surface area contributed by atoms with E-state index in [4.69, 9.17) is 4.74 Å². The zero-order valence-electron chi connectivity index (χ0n) is 9.64. The van der Waals surface area contributed by atoms with E-state index in [0.29, 0.717) is 5.69 Å². The molecule has 0 saturated carbocycles. The van der Waals surface area contributed by atoms with Crippen molar-refractivity contribution in [3.05, 3.63) is 11.3 Å². The van der Waals surface area contributed by atoms with Crippen LogP contribution in [0.1, 0.15) is 38.5 Å². The predicted octanol–water partition coefficient (Wildman–Crippen LogP) is 2.89. The Labute approximate surface area is 88.0 Å². The first-order chi connectivity index (χ1) is 6.79. The molecule has 1 aromatic rings. The van der Waals surface area contributed by atoms with Crippen LogP contribution in [0.5, 0.6) is 5.88 Å². The van der Waals surface area contributed by atoms with Crippen molar-refractivity contribution in [2.75, 3.05) is 7.11 Å². The lowest BCUT2D eigenvalue weighted by Gasteiger charge is -2.21. The summed E-state index contributed by atoms with van der Waals surface area (Å²) in [6, 6.07) is 0. The molecule has 3 nitrogen and oxygen atoms in total. The Balaban J connectivity index is 3.35. The average Bonchev–Trinajstić information content (AvgIpc) is 2.41. The van der Waals surface area contributed by atoms with Crippen LogP contribution in [0.3, 0.4) is 0 Å². The first kappa shape index (κ1) is 11.9. The van der Waals surface area contributed by atoms with Gasteiger partial charge in [0.05, 0.1) is 12.6 Å². The van der Waals surface area contributed by atoms with Gasteiger partial charge in [-0.05, 0) is 27.7 Å². The molecule has 0 N–H and O–H groups in total. The zero-order valence-corrected chi connectivity index (χ0v) is 9.64. The van der Waals surface area contributed by atoms with Crippen molar-refractivity contribution in [2.24, 2.45) is 0 Å². The van der Waals surface area contributed by atoms with Gasteiger partial charge in [0.2, 0.25) is 5.88 Å². The molecule has 1 aromatic heterocycles. The molecule has 5 heteroatoms. The SMILES string of the molecule is COc1nn(C(C)(C)C)c(C)c1C(F)F. The van der Waals surface area contributed by atoms with Crippen molar-refractivity contribution in [1.29, 1.82) is 0 Å². The van der Waals surface area contributed by atoms with Gasteiger partial charge in [-0.1, -0.05) is 0 Å². The second-order valence-electron chi connectivity index (χ2n) is 4.39. The molecule has 0 atom stereocenters. The van der Waals surface area contributed by atoms with Crippen LogP contribution in [0.15, 0.2) is 0 Å². The summed E-state index contributed by atoms with van der Waals surface area (Å²) in [6.45, 7) is 7.34. The minimum absolute atomic E-state index is 0.0115. The predicted molar refractivity (Wildman–Crippen MR) is 53.5 cm³/mol. The Morgan fingerprint density at radius 1 is 1.33 bits per heavy atom. The third-order valence-corrected chi connectivity index (χ3v) is 2.18. The monoisotopic (exact) mass is 218 g/mol. The minimum atomic E-state index is -2.56. The minimum Gasteiger partial charge on any atom is -0.480 e. The maximum Gasteiger partial charge on any atom is 0.270 e. The Hall–Kier alpha value is -1.13. The molecular formula is C10H16F2N2O. The Kier molecular flexibility index (Phi) is 3.02. The van der Waals surface area contributed by atoms with Gasteiger partial charge in [-0.25, -0.2) is 8.78 Å². The second kappa shape index (κ2) is 3.79. The highest BCUT2D eigenvalue weighted by Crippen LogP contribution is 2.33. The van der Waals surface area contributed by atoms with Gasteiger partial charge in [0, 0.05) is 5.69 Å². The van der Waals surface area contributed by atoms with Crippen LogP contribution in [0, 0.1) is 6.92 Å². The molecule has 0 aliphatic heterocycles. The molecule has 1 heterocycles. The van der Waals surface area contributed by atoms with Gasteiger partial charge in [-0.2, -0.15) is 0 Å². The molecule has 0 unspecified atom stereocenters. The molecule has 0 saturated heterocycles. The van der Waals surface area contributed by atoms with E-state index in [0.717, 1.165) is 0 Å².